The van der Waals surface area contributed by atoms with Crippen molar-refractivity contribution in [3.8, 4) is 0 Å². The van der Waals surface area contributed by atoms with Crippen LogP contribution in [0, 0.1) is 0 Å². The van der Waals surface area contributed by atoms with Crippen LogP contribution in [0.15, 0.2) is 37.0 Å². The number of nitrogens with zero attached hydrogens (tertiary/aromatic N) is 1. The van der Waals surface area contributed by atoms with Crippen LogP contribution in [-0.2, 0) is 7.05 Å². The zero-order valence-electron chi connectivity index (χ0n) is 9.03. The largest absolute Gasteiger partial charge is 0.351 e. The molecular weight excluding hydrogens is 184 g/mol. The summed E-state index contributed by atoms with van der Waals surface area (Å²) in [6, 6.07) is 8.43. The van der Waals surface area contributed by atoms with Gasteiger partial charge in [-0.1, -0.05) is 18.7 Å². The average molecular weight is 200 g/mol. The Kier molecular flexibility index (Phi) is 2.60. The van der Waals surface area contributed by atoms with Gasteiger partial charge >= 0.3 is 0 Å². The second-order valence-electron chi connectivity index (χ2n) is 3.81. The third-order valence-electron chi connectivity index (χ3n) is 2.75. The molecule has 2 N–H and O–H groups in total. The van der Waals surface area contributed by atoms with E-state index in [2.05, 4.69) is 48.7 Å². The number of hydrogen-bond donors (Lipinski definition) is 1. The van der Waals surface area contributed by atoms with Gasteiger partial charge in [-0.25, -0.2) is 0 Å². The highest BCUT2D eigenvalue weighted by atomic mass is 14.9. The van der Waals surface area contributed by atoms with Crippen molar-refractivity contribution in [1.29, 1.82) is 0 Å². The molecule has 0 fully saturated rings. The van der Waals surface area contributed by atoms with Gasteiger partial charge in [0, 0.05) is 24.1 Å². The SMILES string of the molecule is C=C(CCN)c1cccc2c1ccn2C. The fourth-order valence-corrected chi connectivity index (χ4v) is 1.92. The van der Waals surface area contributed by atoms with E-state index < -0.39 is 0 Å². The maximum atomic E-state index is 5.55. The Labute approximate surface area is 90.0 Å². The van der Waals surface area contributed by atoms with Gasteiger partial charge in [0.05, 0.1) is 0 Å². The maximum Gasteiger partial charge on any atom is 0.0483 e. The fraction of sp³-hybridized carbons (Fsp3) is 0.231. The number of benzene rings is 1. The monoisotopic (exact) mass is 200 g/mol. The summed E-state index contributed by atoms with van der Waals surface area (Å²) in [4.78, 5) is 0. The third kappa shape index (κ3) is 1.68. The molecular formula is C13H16N2. The van der Waals surface area contributed by atoms with Gasteiger partial charge in [-0.2, -0.15) is 0 Å². The van der Waals surface area contributed by atoms with Crippen molar-refractivity contribution >= 4 is 16.5 Å². The molecule has 1 aromatic heterocycles. The lowest BCUT2D eigenvalue weighted by molar-refractivity contribution is 0.969. The Hall–Kier alpha value is -1.54. The lowest BCUT2D eigenvalue weighted by Crippen LogP contribution is -1.99. The van der Waals surface area contributed by atoms with Crippen LogP contribution in [-0.4, -0.2) is 11.1 Å². The molecule has 0 aliphatic rings. The second kappa shape index (κ2) is 3.91. The number of aryl methyl sites for hydroxylation is 1. The summed E-state index contributed by atoms with van der Waals surface area (Å²) in [5.74, 6) is 0. The first kappa shape index (κ1) is 9.99. The predicted molar refractivity (Wildman–Crippen MR) is 65.6 cm³/mol. The van der Waals surface area contributed by atoms with Gasteiger partial charge < -0.3 is 10.3 Å². The highest BCUT2D eigenvalue weighted by molar-refractivity contribution is 5.92. The summed E-state index contributed by atoms with van der Waals surface area (Å²) in [5, 5.41) is 1.26. The molecule has 2 aromatic rings. The molecule has 0 amide bonds. The lowest BCUT2D eigenvalue weighted by Gasteiger charge is -2.06. The Morgan fingerprint density at radius 2 is 2.20 bits per heavy atom. The van der Waals surface area contributed by atoms with Gasteiger partial charge in [0.25, 0.3) is 0 Å². The molecule has 0 saturated heterocycles. The fourth-order valence-electron chi connectivity index (χ4n) is 1.92. The number of fused-ring (bicyclic) bond motifs is 1. The van der Waals surface area contributed by atoms with E-state index in [-0.39, 0.29) is 0 Å². The van der Waals surface area contributed by atoms with Gasteiger partial charge in [0.1, 0.15) is 0 Å². The molecule has 1 heterocycles. The minimum absolute atomic E-state index is 0.655. The first-order valence-corrected chi connectivity index (χ1v) is 5.16. The minimum Gasteiger partial charge on any atom is -0.351 e. The summed E-state index contributed by atoms with van der Waals surface area (Å²) in [6.45, 7) is 4.74. The van der Waals surface area contributed by atoms with Crippen LogP contribution < -0.4 is 5.73 Å². The smallest absolute Gasteiger partial charge is 0.0483 e. The Balaban J connectivity index is 2.56. The normalized spacial score (nSPS) is 10.8. The molecule has 0 atom stereocenters. The average Bonchev–Trinajstić information content (AvgIpc) is 2.61. The summed E-state index contributed by atoms with van der Waals surface area (Å²) in [6.07, 6.45) is 2.93. The van der Waals surface area contributed by atoms with Crippen LogP contribution in [0.25, 0.3) is 16.5 Å². The summed E-state index contributed by atoms with van der Waals surface area (Å²) in [5.41, 5.74) is 9.13. The molecule has 78 valence electrons. The van der Waals surface area contributed by atoms with E-state index in [4.69, 9.17) is 5.73 Å². The summed E-state index contributed by atoms with van der Waals surface area (Å²) < 4.78 is 2.12. The molecule has 0 aliphatic heterocycles. The van der Waals surface area contributed by atoms with Gasteiger partial charge in [-0.05, 0) is 36.2 Å². The molecule has 0 radical (unpaired) electrons. The highest BCUT2D eigenvalue weighted by Crippen LogP contribution is 2.26. The quantitative estimate of drug-likeness (QED) is 0.811. The molecule has 15 heavy (non-hydrogen) atoms. The van der Waals surface area contributed by atoms with Gasteiger partial charge in [0.15, 0.2) is 0 Å². The molecule has 0 aliphatic carbocycles. The minimum atomic E-state index is 0.655. The van der Waals surface area contributed by atoms with Crippen LogP contribution in [0.3, 0.4) is 0 Å². The van der Waals surface area contributed by atoms with Gasteiger partial charge in [-0.15, -0.1) is 0 Å². The van der Waals surface area contributed by atoms with E-state index in [1.165, 1.54) is 16.5 Å². The Morgan fingerprint density at radius 3 is 2.93 bits per heavy atom. The zero-order chi connectivity index (χ0) is 10.8. The van der Waals surface area contributed by atoms with E-state index in [9.17, 15) is 0 Å². The highest BCUT2D eigenvalue weighted by Gasteiger charge is 2.05. The molecule has 0 spiro atoms. The molecule has 2 nitrogen and oxygen atoms in total. The van der Waals surface area contributed by atoms with E-state index in [0.29, 0.717) is 6.54 Å². The molecule has 1 aromatic carbocycles. The predicted octanol–water partition coefficient (Wildman–Crippen LogP) is 2.54. The van der Waals surface area contributed by atoms with E-state index in [0.717, 1.165) is 12.0 Å². The van der Waals surface area contributed by atoms with Crippen LogP contribution in [0.4, 0.5) is 0 Å². The zero-order valence-corrected chi connectivity index (χ0v) is 9.03. The van der Waals surface area contributed by atoms with Crippen LogP contribution in [0.5, 0.6) is 0 Å². The first-order chi connectivity index (χ1) is 7.24. The molecule has 0 bridgehead atoms. The number of hydrogen-bond acceptors (Lipinski definition) is 1. The lowest BCUT2D eigenvalue weighted by atomic mass is 10.0. The van der Waals surface area contributed by atoms with Crippen molar-refractivity contribution in [1.82, 2.24) is 4.57 Å². The van der Waals surface area contributed by atoms with Crippen molar-refractivity contribution < 1.29 is 0 Å². The third-order valence-corrected chi connectivity index (χ3v) is 2.75. The van der Waals surface area contributed by atoms with Crippen molar-refractivity contribution in [2.24, 2.45) is 12.8 Å². The summed E-state index contributed by atoms with van der Waals surface area (Å²) in [7, 11) is 2.05. The number of aromatic nitrogens is 1. The number of nitrogens with two attached hydrogens (primary N) is 1. The van der Waals surface area contributed by atoms with Crippen LogP contribution in [0.1, 0.15) is 12.0 Å². The van der Waals surface area contributed by atoms with Crippen molar-refractivity contribution in [2.75, 3.05) is 6.54 Å². The van der Waals surface area contributed by atoms with Crippen molar-refractivity contribution in [3.05, 3.63) is 42.6 Å². The standard InChI is InChI=1S/C13H16N2/c1-10(6-8-14)11-4-3-5-13-12(11)7-9-15(13)2/h3-5,7,9H,1,6,8,14H2,2H3. The topological polar surface area (TPSA) is 30.9 Å². The van der Waals surface area contributed by atoms with Crippen molar-refractivity contribution in [3.63, 3.8) is 0 Å². The molecule has 0 unspecified atom stereocenters. The van der Waals surface area contributed by atoms with E-state index in [1.54, 1.807) is 0 Å². The van der Waals surface area contributed by atoms with E-state index >= 15 is 0 Å². The van der Waals surface area contributed by atoms with Gasteiger partial charge in [0.2, 0.25) is 0 Å². The Morgan fingerprint density at radius 1 is 1.40 bits per heavy atom. The molecule has 0 saturated carbocycles. The van der Waals surface area contributed by atoms with E-state index in [1.807, 2.05) is 0 Å². The molecule has 2 rings (SSSR count). The van der Waals surface area contributed by atoms with Crippen LogP contribution >= 0.6 is 0 Å². The number of rotatable bonds is 3. The van der Waals surface area contributed by atoms with Crippen molar-refractivity contribution in [2.45, 2.75) is 6.42 Å². The summed E-state index contributed by atoms with van der Waals surface area (Å²) >= 11 is 0. The second-order valence-corrected chi connectivity index (χ2v) is 3.81. The Bertz CT molecular complexity index is 494. The van der Waals surface area contributed by atoms with Crippen LogP contribution in [0.2, 0.25) is 0 Å². The maximum absolute atomic E-state index is 5.55. The van der Waals surface area contributed by atoms with Gasteiger partial charge in [-0.3, -0.25) is 0 Å². The molecule has 2 heteroatoms. The first-order valence-electron chi connectivity index (χ1n) is 5.16.